The molecule has 0 saturated carbocycles. The molecule has 2 aromatic rings. The molecule has 0 saturated heterocycles. The number of hydrogen-bond acceptors (Lipinski definition) is 4. The Morgan fingerprint density at radius 1 is 1.50 bits per heavy atom. The standard InChI is InChI=1S/C15H10Br2ClFN2O3/c1-2-20-11-6-9(16)12(13(17)14(11)21(23)24)15(22)8-5-7(19)3-4-10(8)18/h3-6,20H,2H2,1H3/i1D3,2D2. The second-order valence-electron chi connectivity index (χ2n) is 4.40. The van der Waals surface area contributed by atoms with Crippen molar-refractivity contribution in [2.45, 2.75) is 6.85 Å². The van der Waals surface area contributed by atoms with Crippen molar-refractivity contribution >= 4 is 60.6 Å². The molecule has 0 aliphatic carbocycles. The van der Waals surface area contributed by atoms with Gasteiger partial charge in [0, 0.05) is 23.4 Å². The normalized spacial score (nSPS) is 14.8. The van der Waals surface area contributed by atoms with E-state index in [1.807, 2.05) is 5.32 Å². The maximum absolute atomic E-state index is 13.5. The van der Waals surface area contributed by atoms with Gasteiger partial charge in [-0.05, 0) is 63.0 Å². The molecule has 0 bridgehead atoms. The highest BCUT2D eigenvalue weighted by molar-refractivity contribution is 9.11. The SMILES string of the molecule is [2H]C([2H])([2H])C([2H])([2H])Nc1cc(Br)c(C(=O)c2cc(F)ccc2Cl)c(Br)c1[N+](=O)[O-]. The number of halogens is 4. The Morgan fingerprint density at radius 2 is 2.21 bits per heavy atom. The molecule has 0 unspecified atom stereocenters. The zero-order chi connectivity index (χ0) is 22.3. The zero-order valence-electron chi connectivity index (χ0n) is 16.5. The summed E-state index contributed by atoms with van der Waals surface area (Å²) < 4.78 is 50.1. The number of nitrogens with one attached hydrogen (secondary N) is 1. The van der Waals surface area contributed by atoms with Crippen LogP contribution in [-0.2, 0) is 0 Å². The second-order valence-corrected chi connectivity index (χ2v) is 6.46. The van der Waals surface area contributed by atoms with Gasteiger partial charge in [-0.3, -0.25) is 14.9 Å². The van der Waals surface area contributed by atoms with E-state index in [9.17, 15) is 19.3 Å². The summed E-state index contributed by atoms with van der Waals surface area (Å²) in [5.41, 5.74) is -1.79. The van der Waals surface area contributed by atoms with E-state index in [0.717, 1.165) is 24.3 Å². The first-order valence-corrected chi connectivity index (χ1v) is 8.08. The Hall–Kier alpha value is -1.51. The zero-order valence-corrected chi connectivity index (χ0v) is 15.4. The molecule has 0 heterocycles. The minimum atomic E-state index is -3.14. The average molecular weight is 486 g/mol. The fourth-order valence-electron chi connectivity index (χ4n) is 1.96. The molecule has 2 aromatic carbocycles. The molecular weight excluding hydrogens is 470 g/mol. The number of nitro benzene ring substituents is 1. The third-order valence-corrected chi connectivity index (χ3v) is 4.70. The van der Waals surface area contributed by atoms with Crippen LogP contribution in [0.5, 0.6) is 0 Å². The molecule has 0 aliphatic rings. The number of anilines is 1. The molecule has 2 rings (SSSR count). The number of carbonyl (C=O) groups is 1. The van der Waals surface area contributed by atoms with E-state index in [-0.39, 0.29) is 25.1 Å². The van der Waals surface area contributed by atoms with Crippen molar-refractivity contribution in [3.63, 3.8) is 0 Å². The third-order valence-electron chi connectivity index (χ3n) is 2.97. The summed E-state index contributed by atoms with van der Waals surface area (Å²) >= 11 is 12.0. The predicted molar refractivity (Wildman–Crippen MR) is 97.5 cm³/mol. The molecule has 0 aliphatic heterocycles. The maximum atomic E-state index is 13.5. The Morgan fingerprint density at radius 3 is 2.83 bits per heavy atom. The molecule has 24 heavy (non-hydrogen) atoms. The van der Waals surface area contributed by atoms with E-state index in [4.69, 9.17) is 18.5 Å². The number of nitrogens with zero attached hydrogens (tertiary/aromatic N) is 1. The van der Waals surface area contributed by atoms with Crippen LogP contribution >= 0.6 is 43.5 Å². The molecule has 5 nitrogen and oxygen atoms in total. The van der Waals surface area contributed by atoms with E-state index in [1.165, 1.54) is 0 Å². The van der Waals surface area contributed by atoms with Crippen LogP contribution in [0.4, 0.5) is 15.8 Å². The number of nitro groups is 1. The highest BCUT2D eigenvalue weighted by Crippen LogP contribution is 2.41. The van der Waals surface area contributed by atoms with E-state index in [0.29, 0.717) is 0 Å². The third kappa shape index (κ3) is 3.60. The first-order chi connectivity index (χ1) is 13.2. The molecule has 0 aromatic heterocycles. The number of benzene rings is 2. The summed E-state index contributed by atoms with van der Waals surface area (Å²) in [5, 5.41) is 13.5. The molecule has 1 N–H and O–H groups in total. The van der Waals surface area contributed by atoms with Crippen LogP contribution in [0.3, 0.4) is 0 Å². The Kier molecular flexibility index (Phi) is 4.04. The van der Waals surface area contributed by atoms with Gasteiger partial charge in [0.1, 0.15) is 16.0 Å². The van der Waals surface area contributed by atoms with E-state index in [1.54, 1.807) is 0 Å². The summed E-state index contributed by atoms with van der Waals surface area (Å²) in [6, 6.07) is 4.05. The molecule has 9 heteroatoms. The lowest BCUT2D eigenvalue weighted by Crippen LogP contribution is -2.09. The monoisotopic (exact) mass is 483 g/mol. The van der Waals surface area contributed by atoms with Gasteiger partial charge in [0.2, 0.25) is 0 Å². The topological polar surface area (TPSA) is 72.2 Å². The molecule has 0 radical (unpaired) electrons. The van der Waals surface area contributed by atoms with Crippen LogP contribution in [0.1, 0.15) is 29.6 Å². The van der Waals surface area contributed by atoms with Gasteiger partial charge in [0.25, 0.3) is 0 Å². The van der Waals surface area contributed by atoms with Crippen LogP contribution < -0.4 is 5.32 Å². The summed E-state index contributed by atoms with van der Waals surface area (Å²) in [7, 11) is 0. The van der Waals surface area contributed by atoms with E-state index < -0.39 is 41.2 Å². The van der Waals surface area contributed by atoms with Crippen molar-refractivity contribution in [2.75, 3.05) is 11.8 Å². The largest absolute Gasteiger partial charge is 0.380 e. The molecule has 126 valence electrons. The fourth-order valence-corrected chi connectivity index (χ4v) is 3.79. The van der Waals surface area contributed by atoms with Gasteiger partial charge < -0.3 is 5.32 Å². The second kappa shape index (κ2) is 7.58. The van der Waals surface area contributed by atoms with Crippen LogP contribution in [0.25, 0.3) is 0 Å². The molecule has 0 spiro atoms. The molecule has 0 fully saturated rings. The van der Waals surface area contributed by atoms with Crippen molar-refractivity contribution in [2.24, 2.45) is 0 Å². The van der Waals surface area contributed by atoms with Crippen molar-refractivity contribution in [3.05, 3.63) is 65.3 Å². The number of hydrogen-bond donors (Lipinski definition) is 1. The predicted octanol–water partition coefficient (Wildman–Crippen LogP) is 5.58. The highest BCUT2D eigenvalue weighted by Gasteiger charge is 2.29. The number of carbonyl (C=O) groups excluding carboxylic acids is 1. The minimum absolute atomic E-state index is 0.0378. The average Bonchev–Trinajstić information content (AvgIpc) is 2.54. The van der Waals surface area contributed by atoms with Crippen LogP contribution in [0, 0.1) is 15.9 Å². The van der Waals surface area contributed by atoms with Crippen molar-refractivity contribution in [1.82, 2.24) is 0 Å². The lowest BCUT2D eigenvalue weighted by molar-refractivity contribution is -0.384. The smallest absolute Gasteiger partial charge is 0.307 e. The van der Waals surface area contributed by atoms with E-state index >= 15 is 0 Å². The van der Waals surface area contributed by atoms with Gasteiger partial charge >= 0.3 is 5.69 Å². The van der Waals surface area contributed by atoms with E-state index in [2.05, 4.69) is 31.9 Å². The Bertz CT molecular complexity index is 1020. The van der Waals surface area contributed by atoms with Gasteiger partial charge in [-0.2, -0.15) is 0 Å². The van der Waals surface area contributed by atoms with Crippen molar-refractivity contribution in [3.8, 4) is 0 Å². The number of ketones is 1. The fraction of sp³-hybridized carbons (Fsp3) is 0.133. The van der Waals surface area contributed by atoms with Gasteiger partial charge in [-0.15, -0.1) is 0 Å². The highest BCUT2D eigenvalue weighted by atomic mass is 79.9. The van der Waals surface area contributed by atoms with Crippen molar-refractivity contribution in [1.29, 1.82) is 0 Å². The van der Waals surface area contributed by atoms with Gasteiger partial charge in [0.15, 0.2) is 5.78 Å². The summed E-state index contributed by atoms with van der Waals surface area (Å²) in [4.78, 5) is 23.5. The molecular formula is C15H10Br2ClFN2O3. The summed E-state index contributed by atoms with van der Waals surface area (Å²) in [6.45, 7) is -6.14. The molecule has 0 amide bonds. The van der Waals surface area contributed by atoms with Crippen LogP contribution in [-0.4, -0.2) is 17.2 Å². The molecule has 0 atom stereocenters. The maximum Gasteiger partial charge on any atom is 0.307 e. The summed E-state index contributed by atoms with van der Waals surface area (Å²) in [5.74, 6) is -1.59. The Labute approximate surface area is 165 Å². The first-order valence-electron chi connectivity index (χ1n) is 8.61. The van der Waals surface area contributed by atoms with Gasteiger partial charge in [0.05, 0.1) is 15.5 Å². The lowest BCUT2D eigenvalue weighted by Gasteiger charge is -2.12. The lowest BCUT2D eigenvalue weighted by atomic mass is 10.0. The number of rotatable bonds is 5. The Balaban J connectivity index is 2.69. The quantitative estimate of drug-likeness (QED) is 0.341. The van der Waals surface area contributed by atoms with Crippen molar-refractivity contribution < 1.29 is 21.0 Å². The first kappa shape index (κ1) is 12.8. The van der Waals surface area contributed by atoms with Crippen LogP contribution in [0.2, 0.25) is 5.02 Å². The summed E-state index contributed by atoms with van der Waals surface area (Å²) in [6.07, 6.45) is 0. The van der Waals surface area contributed by atoms with Gasteiger partial charge in [-0.25, -0.2) is 4.39 Å². The minimum Gasteiger partial charge on any atom is -0.380 e. The van der Waals surface area contributed by atoms with Gasteiger partial charge in [-0.1, -0.05) is 11.6 Å². The van der Waals surface area contributed by atoms with Crippen LogP contribution in [0.15, 0.2) is 33.2 Å².